The summed E-state index contributed by atoms with van der Waals surface area (Å²) < 4.78 is 33.7. The molecule has 1 atom stereocenters. The van der Waals surface area contributed by atoms with Gasteiger partial charge in [0.15, 0.2) is 0 Å². The number of amides is 1. The van der Waals surface area contributed by atoms with Gasteiger partial charge in [0.05, 0.1) is 6.61 Å². The van der Waals surface area contributed by atoms with Crippen molar-refractivity contribution in [3.8, 4) is 0 Å². The van der Waals surface area contributed by atoms with Crippen molar-refractivity contribution < 1.29 is 91.9 Å². The maximum absolute atomic E-state index is 12.3. The Morgan fingerprint density at radius 2 is 1.26 bits per heavy atom. The third kappa shape index (κ3) is 19.9. The number of carboxylic acid groups (broad SMARTS) is 1. The van der Waals surface area contributed by atoms with Crippen molar-refractivity contribution in [3.63, 3.8) is 0 Å². The number of carboxylic acids is 1. The topological polar surface area (TPSA) is 138 Å². The number of carbonyl (C=O) groups excluding carboxylic acids is 2. The van der Waals surface area contributed by atoms with Gasteiger partial charge in [-0.3, -0.25) is 4.79 Å². The van der Waals surface area contributed by atoms with Gasteiger partial charge in [0, 0.05) is 25.5 Å². The van der Waals surface area contributed by atoms with Crippen molar-refractivity contribution in [2.24, 2.45) is 0 Å². The molecule has 0 aliphatic rings. The molecule has 0 spiro atoms. The minimum Gasteiger partial charge on any atom is -0.747 e. The fourth-order valence-corrected chi connectivity index (χ4v) is 4.00. The largest absolute Gasteiger partial charge is 1.00 e. The quantitative estimate of drug-likeness (QED) is 0.112. The first-order valence-corrected chi connectivity index (χ1v) is 12.2. The van der Waals surface area contributed by atoms with E-state index in [0.29, 0.717) is 6.42 Å². The maximum Gasteiger partial charge on any atom is 1.00 e. The van der Waals surface area contributed by atoms with Crippen LogP contribution in [0.3, 0.4) is 0 Å². The Morgan fingerprint density at radius 1 is 0.839 bits per heavy atom. The second kappa shape index (κ2) is 22.6. The SMILES string of the molecule is CCCCCCCCCCCCCCN(CCO)C(=O)C(CC(=O)[O-])S(=O)(=O)[O-].[Na+].[Na+]. The predicted octanol–water partition coefficient (Wildman–Crippen LogP) is -4.43. The molecule has 0 aromatic heterocycles. The Bertz CT molecular complexity index is 562. The van der Waals surface area contributed by atoms with Crippen molar-refractivity contribution in [2.75, 3.05) is 19.7 Å². The molecular formula is C20H37NNa2O7S. The number of hydrogen-bond donors (Lipinski definition) is 1. The standard InChI is InChI=1S/C20H39NO7S.2Na/c1-2-3-4-5-6-7-8-9-10-11-12-13-14-21(15-16-22)20(25)18(17-19(23)24)29(26,27)28;;/h18,22H,2-17H2,1H3,(H,23,24)(H,26,27,28);;/q;2*+1/p-2. The molecule has 0 aliphatic carbocycles. The molecule has 0 radical (unpaired) electrons. The summed E-state index contributed by atoms with van der Waals surface area (Å²) >= 11 is 0. The second-order valence-electron chi connectivity index (χ2n) is 7.50. The van der Waals surface area contributed by atoms with Gasteiger partial charge in [-0.15, -0.1) is 0 Å². The third-order valence-electron chi connectivity index (χ3n) is 4.94. The van der Waals surface area contributed by atoms with Gasteiger partial charge in [0.1, 0.15) is 15.4 Å². The summed E-state index contributed by atoms with van der Waals surface area (Å²) in [5.74, 6) is -2.86. The zero-order valence-electron chi connectivity index (χ0n) is 19.6. The average molecular weight is 482 g/mol. The first-order chi connectivity index (χ1) is 13.7. The number of aliphatic carboxylic acids is 1. The molecule has 0 heterocycles. The van der Waals surface area contributed by atoms with Crippen molar-refractivity contribution in [1.82, 2.24) is 4.90 Å². The Labute approximate surface area is 232 Å². The number of unbranched alkanes of at least 4 members (excludes halogenated alkanes) is 11. The van der Waals surface area contributed by atoms with Gasteiger partial charge in [0.25, 0.3) is 0 Å². The van der Waals surface area contributed by atoms with E-state index in [4.69, 9.17) is 5.11 Å². The Balaban J connectivity index is -0.00000392. The van der Waals surface area contributed by atoms with Crippen LogP contribution in [-0.2, 0) is 19.7 Å². The van der Waals surface area contributed by atoms with Crippen molar-refractivity contribution in [1.29, 1.82) is 0 Å². The van der Waals surface area contributed by atoms with Gasteiger partial charge < -0.3 is 24.5 Å². The normalized spacial score (nSPS) is 11.8. The molecule has 1 N–H and O–H groups in total. The molecule has 0 aromatic carbocycles. The number of hydrogen-bond acceptors (Lipinski definition) is 7. The van der Waals surface area contributed by atoms with E-state index in [1.54, 1.807) is 0 Å². The van der Waals surface area contributed by atoms with Gasteiger partial charge in [0.2, 0.25) is 5.91 Å². The molecule has 0 bridgehead atoms. The zero-order valence-corrected chi connectivity index (χ0v) is 24.5. The van der Waals surface area contributed by atoms with Gasteiger partial charge in [-0.05, 0) is 6.42 Å². The van der Waals surface area contributed by atoms with E-state index in [-0.39, 0.29) is 72.2 Å². The van der Waals surface area contributed by atoms with Crippen LogP contribution >= 0.6 is 0 Å². The second-order valence-corrected chi connectivity index (χ2v) is 9.05. The molecule has 0 rings (SSSR count). The van der Waals surface area contributed by atoms with Gasteiger partial charge in [-0.2, -0.15) is 0 Å². The number of rotatable bonds is 19. The summed E-state index contributed by atoms with van der Waals surface area (Å²) in [5, 5.41) is 17.6. The van der Waals surface area contributed by atoms with E-state index in [9.17, 15) is 27.7 Å². The molecule has 0 saturated carbocycles. The summed E-state index contributed by atoms with van der Waals surface area (Å²) in [4.78, 5) is 24.0. The van der Waals surface area contributed by atoms with E-state index < -0.39 is 40.3 Å². The molecule has 0 aliphatic heterocycles. The van der Waals surface area contributed by atoms with Crippen LogP contribution in [0.25, 0.3) is 0 Å². The molecule has 0 aromatic rings. The third-order valence-corrected chi connectivity index (χ3v) is 6.00. The van der Waals surface area contributed by atoms with Gasteiger partial charge >= 0.3 is 59.1 Å². The van der Waals surface area contributed by atoms with Crippen LogP contribution < -0.4 is 64.2 Å². The molecule has 1 amide bonds. The monoisotopic (exact) mass is 481 g/mol. The fraction of sp³-hybridized carbons (Fsp3) is 0.900. The van der Waals surface area contributed by atoms with Crippen LogP contribution in [0.1, 0.15) is 90.4 Å². The summed E-state index contributed by atoms with van der Waals surface area (Å²) in [6.07, 6.45) is 12.4. The van der Waals surface area contributed by atoms with Gasteiger partial charge in [-0.1, -0.05) is 77.6 Å². The molecule has 0 fully saturated rings. The van der Waals surface area contributed by atoms with Crippen LogP contribution in [0.5, 0.6) is 0 Å². The molecule has 0 saturated heterocycles. The first kappa shape index (κ1) is 36.4. The first-order valence-electron chi connectivity index (χ1n) is 10.8. The number of carbonyl (C=O) groups is 2. The molecule has 8 nitrogen and oxygen atoms in total. The Kier molecular flexibility index (Phi) is 26.5. The van der Waals surface area contributed by atoms with E-state index in [1.807, 2.05) is 0 Å². The van der Waals surface area contributed by atoms with Crippen LogP contribution in [0.4, 0.5) is 0 Å². The average Bonchev–Trinajstić information content (AvgIpc) is 2.64. The van der Waals surface area contributed by atoms with Crippen LogP contribution in [0.15, 0.2) is 0 Å². The summed E-state index contributed by atoms with van der Waals surface area (Å²) in [6, 6.07) is 0. The molecule has 172 valence electrons. The molecule has 31 heavy (non-hydrogen) atoms. The number of nitrogens with zero attached hydrogens (tertiary/aromatic N) is 1. The number of aliphatic hydroxyl groups is 1. The molecular weight excluding hydrogens is 444 g/mol. The molecule has 11 heteroatoms. The maximum atomic E-state index is 12.3. The smallest absolute Gasteiger partial charge is 0.747 e. The van der Waals surface area contributed by atoms with Crippen LogP contribution in [-0.4, -0.2) is 59.8 Å². The summed E-state index contributed by atoms with van der Waals surface area (Å²) in [5.41, 5.74) is 0. The summed E-state index contributed by atoms with van der Waals surface area (Å²) in [7, 11) is -5.12. The Morgan fingerprint density at radius 3 is 1.61 bits per heavy atom. The van der Waals surface area contributed by atoms with E-state index in [1.165, 1.54) is 44.9 Å². The van der Waals surface area contributed by atoms with Crippen LogP contribution in [0.2, 0.25) is 0 Å². The van der Waals surface area contributed by atoms with Crippen LogP contribution in [0, 0.1) is 0 Å². The minimum atomic E-state index is -5.12. The van der Waals surface area contributed by atoms with Crippen molar-refractivity contribution in [2.45, 2.75) is 95.6 Å². The fourth-order valence-electron chi connectivity index (χ4n) is 3.26. The summed E-state index contributed by atoms with van der Waals surface area (Å²) in [6.45, 7) is 1.84. The van der Waals surface area contributed by atoms with Crippen molar-refractivity contribution in [3.05, 3.63) is 0 Å². The zero-order chi connectivity index (χ0) is 22.1. The number of aliphatic hydroxyl groups excluding tert-OH is 1. The van der Waals surface area contributed by atoms with E-state index in [0.717, 1.165) is 30.6 Å². The Hall–Kier alpha value is 0.810. The molecule has 1 unspecified atom stereocenters. The van der Waals surface area contributed by atoms with E-state index in [2.05, 4.69) is 6.92 Å². The minimum absolute atomic E-state index is 0. The predicted molar refractivity (Wildman–Crippen MR) is 108 cm³/mol. The van der Waals surface area contributed by atoms with E-state index >= 15 is 0 Å². The van der Waals surface area contributed by atoms with Gasteiger partial charge in [-0.25, -0.2) is 8.42 Å². The van der Waals surface area contributed by atoms with Crippen molar-refractivity contribution >= 4 is 22.0 Å².